The zero-order valence-electron chi connectivity index (χ0n) is 25.9. The van der Waals surface area contributed by atoms with Crippen molar-refractivity contribution in [1.82, 2.24) is 0 Å². The maximum Gasteiger partial charge on any atom is 0.417 e. The van der Waals surface area contributed by atoms with Crippen LogP contribution in [0.4, 0.5) is 28.9 Å². The van der Waals surface area contributed by atoms with Gasteiger partial charge in [-0.25, -0.2) is 17.6 Å². The number of rotatable bonds is 7. The van der Waals surface area contributed by atoms with Crippen molar-refractivity contribution in [3.05, 3.63) is 101 Å². The minimum Gasteiger partial charge on any atom is -0.465 e. The number of nitrogens with zero attached hydrogens (tertiary/aromatic N) is 1. The van der Waals surface area contributed by atoms with Gasteiger partial charge < -0.3 is 15.2 Å². The number of alkyl halides is 3. The van der Waals surface area contributed by atoms with E-state index in [1.165, 1.54) is 41.7 Å². The molecule has 3 aromatic rings. The summed E-state index contributed by atoms with van der Waals surface area (Å²) in [5.74, 6) is -1.86. The number of hydrogen-bond donors (Lipinski definition) is 2. The van der Waals surface area contributed by atoms with E-state index in [0.29, 0.717) is 5.56 Å². The fourth-order valence-corrected chi connectivity index (χ4v) is 8.31. The minimum atomic E-state index is -4.90. The second kappa shape index (κ2) is 12.4. The highest BCUT2D eigenvalue weighted by atomic mass is 32.2. The number of anilines is 2. The van der Waals surface area contributed by atoms with Crippen LogP contribution >= 0.6 is 0 Å². The molecular formula is C34H34F4N2O6S. The lowest BCUT2D eigenvalue weighted by atomic mass is 9.62. The van der Waals surface area contributed by atoms with Crippen LogP contribution in [0.1, 0.15) is 72.2 Å². The summed E-state index contributed by atoms with van der Waals surface area (Å²) in [5.41, 5.74) is -2.20. The predicted octanol–water partition coefficient (Wildman–Crippen LogP) is 6.90. The molecule has 3 aromatic carbocycles. The molecule has 1 unspecified atom stereocenters. The van der Waals surface area contributed by atoms with Gasteiger partial charge in [-0.15, -0.1) is 0 Å². The molecule has 1 aliphatic heterocycles. The molecule has 1 saturated carbocycles. The first-order valence-corrected chi connectivity index (χ1v) is 16.3. The standard InChI is InChI=1S/C34H34F4N2O6S/c1-21(2)7-14-29-32(15-17-33(43,18-16-32)34(36,37)38)27-20-22(30(41)39-25-6-4-5-23(19-25)31(42)46-3)8-13-28(27)40(29)47(44,45)26-11-9-24(35)10-12-26/h4-13,19-20,29,43H,14-18H2,1-3H3,(H,39,41). The topological polar surface area (TPSA) is 113 Å². The third-order valence-corrected chi connectivity index (χ3v) is 10.9. The molecule has 0 saturated heterocycles. The molecule has 0 bridgehead atoms. The van der Waals surface area contributed by atoms with Crippen LogP contribution in [-0.4, -0.2) is 50.3 Å². The van der Waals surface area contributed by atoms with Gasteiger partial charge in [-0.3, -0.25) is 9.10 Å². The van der Waals surface area contributed by atoms with E-state index in [-0.39, 0.29) is 46.7 Å². The van der Waals surface area contributed by atoms with E-state index in [2.05, 4.69) is 5.32 Å². The Kier molecular flexibility index (Phi) is 9.01. The van der Waals surface area contributed by atoms with E-state index >= 15 is 0 Å². The van der Waals surface area contributed by atoms with E-state index in [0.717, 1.165) is 29.8 Å². The molecule has 1 amide bonds. The van der Waals surface area contributed by atoms with E-state index in [1.54, 1.807) is 18.2 Å². The third-order valence-electron chi connectivity index (χ3n) is 9.11. The molecular weight excluding hydrogens is 640 g/mol. The fraction of sp³-hybridized carbons (Fsp3) is 0.353. The minimum absolute atomic E-state index is 0.102. The Hall–Kier alpha value is -4.23. The van der Waals surface area contributed by atoms with E-state index in [1.807, 2.05) is 13.8 Å². The lowest BCUT2D eigenvalue weighted by Gasteiger charge is -2.46. The number of aliphatic hydroxyl groups is 1. The van der Waals surface area contributed by atoms with E-state index in [4.69, 9.17) is 4.74 Å². The number of fused-ring (bicyclic) bond motifs is 2. The lowest BCUT2D eigenvalue weighted by molar-refractivity contribution is -0.273. The van der Waals surface area contributed by atoms with Gasteiger partial charge in [0.05, 0.1) is 29.3 Å². The SMILES string of the molecule is COC(=O)c1cccc(NC(=O)c2ccc3c(c2)C2(CCC(O)(C(F)(F)F)CC2)C(CC=C(C)C)N3S(=O)(=O)c2ccc(F)cc2)c1. The molecule has 2 aliphatic rings. The Balaban J connectivity index is 1.64. The zero-order chi connectivity index (χ0) is 34.4. The van der Waals surface area contributed by atoms with Crippen molar-refractivity contribution >= 4 is 33.3 Å². The summed E-state index contributed by atoms with van der Waals surface area (Å²) in [4.78, 5) is 25.3. The summed E-state index contributed by atoms with van der Waals surface area (Å²) in [6, 6.07) is 13.7. The van der Waals surface area contributed by atoms with E-state index < -0.39 is 63.8 Å². The van der Waals surface area contributed by atoms with Crippen LogP contribution < -0.4 is 9.62 Å². The van der Waals surface area contributed by atoms with Gasteiger partial charge in [0, 0.05) is 16.7 Å². The molecule has 47 heavy (non-hydrogen) atoms. The summed E-state index contributed by atoms with van der Waals surface area (Å²) in [6.07, 6.45) is -4.77. The van der Waals surface area contributed by atoms with Crippen LogP contribution in [0.3, 0.4) is 0 Å². The Bertz CT molecular complexity index is 1830. The Labute approximate surface area is 270 Å². The molecule has 1 spiro atoms. The summed E-state index contributed by atoms with van der Waals surface area (Å²) in [6.45, 7) is 3.63. The summed E-state index contributed by atoms with van der Waals surface area (Å²) in [5, 5.41) is 13.3. The first-order chi connectivity index (χ1) is 22.0. The molecule has 0 radical (unpaired) electrons. The summed E-state index contributed by atoms with van der Waals surface area (Å²) >= 11 is 0. The molecule has 1 heterocycles. The van der Waals surface area contributed by atoms with Gasteiger partial charge in [0.1, 0.15) is 5.82 Å². The molecule has 1 fully saturated rings. The predicted molar refractivity (Wildman–Crippen MR) is 167 cm³/mol. The van der Waals surface area contributed by atoms with Gasteiger partial charge >= 0.3 is 12.1 Å². The van der Waals surface area contributed by atoms with Crippen LogP contribution in [0, 0.1) is 5.82 Å². The Morgan fingerprint density at radius 2 is 1.66 bits per heavy atom. The number of halogens is 4. The summed E-state index contributed by atoms with van der Waals surface area (Å²) < 4.78 is 90.2. The second-order valence-corrected chi connectivity index (χ2v) is 14.0. The van der Waals surface area contributed by atoms with Crippen molar-refractivity contribution in [2.75, 3.05) is 16.7 Å². The van der Waals surface area contributed by atoms with Crippen LogP contribution in [0.2, 0.25) is 0 Å². The number of ether oxygens (including phenoxy) is 1. The van der Waals surface area contributed by atoms with Gasteiger partial charge in [-0.05, 0) is 112 Å². The van der Waals surface area contributed by atoms with Crippen molar-refractivity contribution < 1.29 is 45.4 Å². The van der Waals surface area contributed by atoms with Crippen molar-refractivity contribution in [1.29, 1.82) is 0 Å². The first kappa shape index (κ1) is 34.1. The number of nitrogens with one attached hydrogen (secondary N) is 1. The van der Waals surface area contributed by atoms with Gasteiger partial charge in [-0.1, -0.05) is 17.7 Å². The van der Waals surface area contributed by atoms with Crippen molar-refractivity contribution in [3.63, 3.8) is 0 Å². The van der Waals surface area contributed by atoms with Crippen molar-refractivity contribution in [2.24, 2.45) is 0 Å². The van der Waals surface area contributed by atoms with E-state index in [9.17, 15) is 40.7 Å². The van der Waals surface area contributed by atoms with Crippen molar-refractivity contribution in [2.45, 2.75) is 74.1 Å². The number of esters is 1. The fourth-order valence-electron chi connectivity index (χ4n) is 6.57. The number of carbonyl (C=O) groups is 2. The van der Waals surface area contributed by atoms with Gasteiger partial charge in [-0.2, -0.15) is 13.2 Å². The smallest absolute Gasteiger partial charge is 0.417 e. The maximum atomic E-state index is 14.3. The number of allylic oxidation sites excluding steroid dienone is 1. The number of benzene rings is 3. The second-order valence-electron chi connectivity index (χ2n) is 12.2. The maximum absolute atomic E-state index is 14.3. The highest BCUT2D eigenvalue weighted by Crippen LogP contribution is 2.59. The van der Waals surface area contributed by atoms with Crippen LogP contribution in [0.25, 0.3) is 0 Å². The van der Waals surface area contributed by atoms with Gasteiger partial charge in [0.2, 0.25) is 0 Å². The molecule has 13 heteroatoms. The average molecular weight is 675 g/mol. The number of methoxy groups -OCH3 is 1. The summed E-state index contributed by atoms with van der Waals surface area (Å²) in [7, 11) is -3.17. The molecule has 250 valence electrons. The highest BCUT2D eigenvalue weighted by molar-refractivity contribution is 7.92. The number of hydrogen-bond acceptors (Lipinski definition) is 6. The lowest BCUT2D eigenvalue weighted by Crippen LogP contribution is -2.55. The van der Waals surface area contributed by atoms with Crippen LogP contribution in [0.15, 0.2) is 83.3 Å². The Morgan fingerprint density at radius 3 is 2.26 bits per heavy atom. The molecule has 1 atom stereocenters. The zero-order valence-corrected chi connectivity index (χ0v) is 26.7. The quantitative estimate of drug-likeness (QED) is 0.160. The average Bonchev–Trinajstić information content (AvgIpc) is 3.29. The highest BCUT2D eigenvalue weighted by Gasteiger charge is 2.62. The van der Waals surface area contributed by atoms with Gasteiger partial charge in [0.15, 0.2) is 5.60 Å². The third kappa shape index (κ3) is 6.26. The van der Waals surface area contributed by atoms with Crippen LogP contribution in [0.5, 0.6) is 0 Å². The monoisotopic (exact) mass is 674 g/mol. The molecule has 8 nitrogen and oxygen atoms in total. The molecule has 0 aromatic heterocycles. The largest absolute Gasteiger partial charge is 0.465 e. The van der Waals surface area contributed by atoms with Gasteiger partial charge in [0.25, 0.3) is 15.9 Å². The molecule has 2 N–H and O–H groups in total. The number of amides is 1. The van der Waals surface area contributed by atoms with Crippen LogP contribution in [-0.2, 0) is 20.2 Å². The number of carbonyl (C=O) groups excluding carboxylic acids is 2. The Morgan fingerprint density at radius 1 is 1.00 bits per heavy atom. The van der Waals surface area contributed by atoms with Crippen molar-refractivity contribution in [3.8, 4) is 0 Å². The molecule has 5 rings (SSSR count). The normalized spacial score (nSPS) is 22.5. The molecule has 1 aliphatic carbocycles. The first-order valence-electron chi connectivity index (χ1n) is 14.9. The number of sulfonamides is 1.